The molecule has 0 saturated carbocycles. The molecule has 0 fully saturated rings. The molecular formula is C53H79N6O14V-. The Bertz CT molecular complexity index is 2080. The van der Waals surface area contributed by atoms with E-state index in [0.717, 1.165) is 19.3 Å². The predicted molar refractivity (Wildman–Crippen MR) is 272 cm³/mol. The molecule has 9 N–H and O–H groups in total. The molecule has 74 heavy (non-hydrogen) atoms. The van der Waals surface area contributed by atoms with Crippen LogP contribution in [0.4, 0.5) is 0 Å². The molecule has 0 saturated heterocycles. The SMILES string of the molecule is CCCN(CCN(CCC(C)C(C)CC(=O)O)C(CCC(=O)NC(Cc1ccc(O)c(C)c1)C(=O)NC(Cc1ccccc1)C(=O)NC(CCCCNC(=O)CCCCCC[C-]=O)C(=O)O)C(=O)O)CC(=O)O.[V]. The Morgan fingerprint density at radius 1 is 0.635 bits per heavy atom. The van der Waals surface area contributed by atoms with Crippen molar-refractivity contribution in [3.63, 3.8) is 0 Å². The quantitative estimate of drug-likeness (QED) is 0.0333. The third-order valence-corrected chi connectivity index (χ3v) is 12.9. The average molecular weight is 1080 g/mol. The van der Waals surface area contributed by atoms with Crippen LogP contribution in [0.3, 0.4) is 0 Å². The Hall–Kier alpha value is -5.83. The van der Waals surface area contributed by atoms with E-state index < -0.39 is 65.8 Å². The number of hydrogen-bond donors (Lipinski definition) is 9. The summed E-state index contributed by atoms with van der Waals surface area (Å²) in [6.45, 7) is 8.24. The number of nitrogens with zero attached hydrogens (tertiary/aromatic N) is 2. The van der Waals surface area contributed by atoms with Gasteiger partial charge in [0.2, 0.25) is 23.6 Å². The summed E-state index contributed by atoms with van der Waals surface area (Å²) in [7, 11) is 0. The van der Waals surface area contributed by atoms with Crippen molar-refractivity contribution in [1.29, 1.82) is 0 Å². The van der Waals surface area contributed by atoms with Gasteiger partial charge in [0.05, 0.1) is 6.54 Å². The van der Waals surface area contributed by atoms with Gasteiger partial charge in [-0.25, -0.2) is 4.79 Å². The molecule has 0 heterocycles. The van der Waals surface area contributed by atoms with Crippen LogP contribution in [0.1, 0.15) is 127 Å². The van der Waals surface area contributed by atoms with Crippen LogP contribution in [0, 0.1) is 18.8 Å². The van der Waals surface area contributed by atoms with Crippen LogP contribution in [-0.2, 0) is 74.5 Å². The van der Waals surface area contributed by atoms with Crippen molar-refractivity contribution in [2.45, 2.75) is 155 Å². The van der Waals surface area contributed by atoms with Gasteiger partial charge in [0.1, 0.15) is 29.9 Å². The molecule has 1 radical (unpaired) electrons. The van der Waals surface area contributed by atoms with Gasteiger partial charge in [-0.2, -0.15) is 6.42 Å². The summed E-state index contributed by atoms with van der Waals surface area (Å²) >= 11 is 0. The van der Waals surface area contributed by atoms with Gasteiger partial charge in [-0.1, -0.05) is 82.5 Å². The minimum atomic E-state index is -1.34. The molecule has 0 aliphatic rings. The van der Waals surface area contributed by atoms with Gasteiger partial charge in [-0.15, -0.1) is 0 Å². The van der Waals surface area contributed by atoms with Crippen LogP contribution in [0.2, 0.25) is 0 Å². The van der Waals surface area contributed by atoms with Crippen molar-refractivity contribution < 1.29 is 87.2 Å². The number of aryl methyl sites for hydroxylation is 1. The van der Waals surface area contributed by atoms with E-state index in [-0.39, 0.29) is 107 Å². The van der Waals surface area contributed by atoms with E-state index >= 15 is 0 Å². The topological polar surface area (TPSA) is 309 Å². The molecule has 2 aromatic rings. The molecule has 20 nitrogen and oxygen atoms in total. The van der Waals surface area contributed by atoms with Crippen LogP contribution < -0.4 is 21.3 Å². The van der Waals surface area contributed by atoms with Crippen molar-refractivity contribution in [3.8, 4) is 5.75 Å². The third kappa shape index (κ3) is 27.5. The number of aliphatic carboxylic acids is 4. The fraction of sp³-hybridized carbons (Fsp3) is 0.604. The van der Waals surface area contributed by atoms with Crippen LogP contribution in [-0.4, -0.2) is 153 Å². The minimum absolute atomic E-state index is 0. The van der Waals surface area contributed by atoms with Crippen molar-refractivity contribution >= 4 is 53.8 Å². The third-order valence-electron chi connectivity index (χ3n) is 12.9. The molecule has 21 heteroatoms. The molecule has 6 atom stereocenters. The van der Waals surface area contributed by atoms with E-state index in [9.17, 15) is 68.7 Å². The maximum atomic E-state index is 14.4. The monoisotopic (exact) mass is 1070 g/mol. The number of amides is 4. The summed E-state index contributed by atoms with van der Waals surface area (Å²) in [5, 5.41) is 60.6. The summed E-state index contributed by atoms with van der Waals surface area (Å²) in [4.78, 5) is 117. The summed E-state index contributed by atoms with van der Waals surface area (Å²) in [6.07, 6.45) is 6.60. The van der Waals surface area contributed by atoms with Gasteiger partial charge in [0, 0.05) is 70.3 Å². The molecule has 0 bridgehead atoms. The second kappa shape index (κ2) is 37.0. The van der Waals surface area contributed by atoms with E-state index in [1.54, 1.807) is 66.1 Å². The summed E-state index contributed by atoms with van der Waals surface area (Å²) in [6, 6.07) is 8.07. The van der Waals surface area contributed by atoms with E-state index in [2.05, 4.69) is 21.3 Å². The smallest absolute Gasteiger partial charge is 0.326 e. The first-order chi connectivity index (χ1) is 34.7. The number of carboxylic acids is 4. The van der Waals surface area contributed by atoms with E-state index in [4.69, 9.17) is 0 Å². The number of carboxylic acid groups (broad SMARTS) is 4. The zero-order chi connectivity index (χ0) is 54.3. The Labute approximate surface area is 447 Å². The first-order valence-electron chi connectivity index (χ1n) is 25.4. The number of phenols is 1. The fourth-order valence-corrected chi connectivity index (χ4v) is 8.37. The van der Waals surface area contributed by atoms with Gasteiger partial charge in [0.15, 0.2) is 0 Å². The Morgan fingerprint density at radius 3 is 1.89 bits per heavy atom. The second-order valence-corrected chi connectivity index (χ2v) is 18.9. The molecule has 0 aliphatic heterocycles. The number of nitrogens with one attached hydrogen (secondary N) is 4. The van der Waals surface area contributed by atoms with Crippen LogP contribution in [0.25, 0.3) is 0 Å². The summed E-state index contributed by atoms with van der Waals surface area (Å²) < 4.78 is 0. The molecule has 2 aromatic carbocycles. The summed E-state index contributed by atoms with van der Waals surface area (Å²) in [5.74, 6) is -7.33. The zero-order valence-electron chi connectivity index (χ0n) is 43.4. The van der Waals surface area contributed by atoms with Crippen LogP contribution in [0.5, 0.6) is 5.75 Å². The number of aromatic hydroxyl groups is 1. The van der Waals surface area contributed by atoms with Crippen LogP contribution >= 0.6 is 0 Å². The van der Waals surface area contributed by atoms with Crippen LogP contribution in [0.15, 0.2) is 48.5 Å². The predicted octanol–water partition coefficient (Wildman–Crippen LogP) is 4.23. The number of unbranched alkanes of at least 4 members (excludes halogenated alkanes) is 5. The standard InChI is InChI=1S/C53H79N6O14.V/c1-5-26-58(35-49(66)67)28-29-59(27-24-36(2)37(3)32-48(64)65)44(53(72)73)21-23-47(63)55-42(34-40-20-22-45(61)38(4)31-40)50(68)57-43(33-39-16-10-9-11-17-39)51(69)56-41(52(70)71)18-13-14-25-54-46(62)19-12-7-6-8-15-30-60;/h9-11,16-17,20,22,31,36-37,41-44,61H,5-8,12-15,18-19,21,23-29,32-35H2,1-4H3,(H,54,62)(H,55,63)(H,56,69)(H,57,68)(H,64,65)(H,66,67)(H,70,71)(H,72,73);/q-1;. The largest absolute Gasteiger partial charge is 0.542 e. The van der Waals surface area contributed by atoms with Gasteiger partial charge in [-0.05, 0) is 99.6 Å². The molecule has 0 aromatic heterocycles. The normalized spacial score (nSPS) is 13.5. The van der Waals surface area contributed by atoms with Gasteiger partial charge < -0.3 is 51.6 Å². The number of hydrogen-bond acceptors (Lipinski definition) is 12. The second-order valence-electron chi connectivity index (χ2n) is 18.9. The van der Waals surface area contributed by atoms with Crippen molar-refractivity contribution in [2.24, 2.45) is 11.8 Å². The van der Waals surface area contributed by atoms with Gasteiger partial charge in [0.25, 0.3) is 0 Å². The molecule has 0 aliphatic carbocycles. The molecular weight excluding hydrogens is 996 g/mol. The van der Waals surface area contributed by atoms with E-state index in [1.165, 1.54) is 6.07 Å². The van der Waals surface area contributed by atoms with Gasteiger partial charge in [-0.3, -0.25) is 49.6 Å². The molecule has 6 unspecified atom stereocenters. The fourth-order valence-electron chi connectivity index (χ4n) is 8.37. The average Bonchev–Trinajstić information content (AvgIpc) is 3.32. The molecule has 411 valence electrons. The Kier molecular flexibility index (Phi) is 33.1. The minimum Gasteiger partial charge on any atom is -0.542 e. The Morgan fingerprint density at radius 2 is 1.28 bits per heavy atom. The van der Waals surface area contributed by atoms with E-state index in [1.807, 2.05) is 20.1 Å². The summed E-state index contributed by atoms with van der Waals surface area (Å²) in [5.41, 5.74) is 1.65. The van der Waals surface area contributed by atoms with Crippen molar-refractivity contribution in [2.75, 3.05) is 39.3 Å². The molecule has 0 spiro atoms. The van der Waals surface area contributed by atoms with E-state index in [0.29, 0.717) is 74.7 Å². The first-order valence-corrected chi connectivity index (χ1v) is 25.4. The number of carbonyl (C=O) groups is 8. The Balaban J connectivity index is 0.0000274. The van der Waals surface area contributed by atoms with Gasteiger partial charge >= 0.3 is 23.9 Å². The number of rotatable bonds is 40. The van der Waals surface area contributed by atoms with Crippen molar-refractivity contribution in [1.82, 2.24) is 31.1 Å². The number of phenolic OH excluding ortho intramolecular Hbond substituents is 1. The zero-order valence-corrected chi connectivity index (χ0v) is 44.8. The molecule has 2 rings (SSSR count). The first kappa shape index (κ1) is 66.2. The molecule has 4 amide bonds. The maximum absolute atomic E-state index is 14.4. The maximum Gasteiger partial charge on any atom is 0.326 e. The number of benzene rings is 2. The van der Waals surface area contributed by atoms with Crippen molar-refractivity contribution in [3.05, 3.63) is 65.2 Å². The number of carbonyl (C=O) groups excluding carboxylic acids is 5.